The molecule has 0 spiro atoms. The van der Waals surface area contributed by atoms with Gasteiger partial charge in [0.15, 0.2) is 0 Å². The van der Waals surface area contributed by atoms with Crippen LogP contribution in [0, 0.1) is 0 Å². The first kappa shape index (κ1) is 5.72. The molecule has 5 heteroatoms. The molecule has 0 fully saturated rings. The molecule has 0 saturated carbocycles. The Hall–Kier alpha value is -0.410. The number of hydrazine groups is 1. The Morgan fingerprint density at radius 3 is 2.88 bits per heavy atom. The van der Waals surface area contributed by atoms with E-state index in [-0.39, 0.29) is 0 Å². The summed E-state index contributed by atoms with van der Waals surface area (Å²) in [5.74, 6) is 0. The van der Waals surface area contributed by atoms with Crippen LogP contribution in [0.15, 0.2) is 16.3 Å². The summed E-state index contributed by atoms with van der Waals surface area (Å²) >= 11 is 10.8. The molecule has 0 atom stereocenters. The minimum Gasteiger partial charge on any atom is -0.273 e. The molecule has 0 saturated heterocycles. The Balaban J connectivity index is 2.63. The van der Waals surface area contributed by atoms with E-state index in [2.05, 4.69) is 10.4 Å². The van der Waals surface area contributed by atoms with Gasteiger partial charge in [-0.2, -0.15) is 4.53 Å². The first-order valence-corrected chi connectivity index (χ1v) is 2.62. The van der Waals surface area contributed by atoms with Crippen molar-refractivity contribution in [1.29, 1.82) is 0 Å². The van der Waals surface area contributed by atoms with Crippen LogP contribution < -0.4 is 5.43 Å². The summed E-state index contributed by atoms with van der Waals surface area (Å²) in [6, 6.07) is 0. The Bertz CT molecular complexity index is 141. The highest BCUT2D eigenvalue weighted by Crippen LogP contribution is 2.06. The molecule has 3 nitrogen and oxygen atoms in total. The molecule has 0 unspecified atom stereocenters. The van der Waals surface area contributed by atoms with Crippen molar-refractivity contribution in [3.63, 3.8) is 0 Å². The summed E-state index contributed by atoms with van der Waals surface area (Å²) in [5, 5.41) is 0.360. The van der Waals surface area contributed by atoms with E-state index in [0.717, 1.165) is 0 Å². The van der Waals surface area contributed by atoms with Gasteiger partial charge in [0.25, 0.3) is 0 Å². The topological polar surface area (TPSA) is 27.6 Å². The zero-order valence-electron chi connectivity index (χ0n) is 3.81. The van der Waals surface area contributed by atoms with E-state index in [9.17, 15) is 0 Å². The molecule has 0 aromatic rings. The number of halogens is 2. The quantitative estimate of drug-likeness (QED) is 0.414. The van der Waals surface area contributed by atoms with Gasteiger partial charge < -0.3 is 0 Å². The zero-order chi connectivity index (χ0) is 5.98. The number of hydrogen-bond donors (Lipinski definition) is 1. The van der Waals surface area contributed by atoms with Crippen LogP contribution in [0.1, 0.15) is 0 Å². The fourth-order valence-corrected chi connectivity index (χ4v) is 0.642. The highest BCUT2D eigenvalue weighted by atomic mass is 35.5. The van der Waals surface area contributed by atoms with Crippen molar-refractivity contribution >= 4 is 29.7 Å². The van der Waals surface area contributed by atoms with Gasteiger partial charge in [-0.05, 0) is 0 Å². The lowest BCUT2D eigenvalue weighted by molar-refractivity contribution is 0.548. The first-order chi connectivity index (χ1) is 3.79. The monoisotopic (exact) mass is 151 g/mol. The Morgan fingerprint density at radius 2 is 2.50 bits per heavy atom. The Morgan fingerprint density at radius 1 is 1.75 bits per heavy atom. The van der Waals surface area contributed by atoms with Crippen LogP contribution in [0.3, 0.4) is 0 Å². The predicted molar refractivity (Wildman–Crippen MR) is 33.3 cm³/mol. The predicted octanol–water partition coefficient (Wildman–Crippen LogP) is 1.03. The number of nitrogens with zero attached hydrogens (tertiary/aromatic N) is 2. The Kier molecular flexibility index (Phi) is 1.60. The molecule has 0 aromatic carbocycles. The summed E-state index contributed by atoms with van der Waals surface area (Å²) in [6.07, 6.45) is 2.85. The van der Waals surface area contributed by atoms with E-state index in [4.69, 9.17) is 23.4 Å². The molecule has 1 aliphatic heterocycles. The number of aliphatic imine (C=N–C) groups is 1. The van der Waals surface area contributed by atoms with Crippen LogP contribution in [0.2, 0.25) is 0 Å². The van der Waals surface area contributed by atoms with Gasteiger partial charge in [-0.15, -0.1) is 0 Å². The molecular weight excluding hydrogens is 149 g/mol. The van der Waals surface area contributed by atoms with E-state index < -0.39 is 0 Å². The first-order valence-electron chi connectivity index (χ1n) is 1.90. The second kappa shape index (κ2) is 2.24. The molecule has 1 rings (SSSR count). The van der Waals surface area contributed by atoms with Crippen molar-refractivity contribution in [2.24, 2.45) is 4.99 Å². The molecule has 0 bridgehead atoms. The summed E-state index contributed by atoms with van der Waals surface area (Å²) in [5.41, 5.74) is 2.56. The molecule has 0 aliphatic carbocycles. The van der Waals surface area contributed by atoms with E-state index in [0.29, 0.717) is 5.16 Å². The Labute approximate surface area is 56.7 Å². The SMILES string of the molecule is ClC1=CN(Cl)NC=N1. The summed E-state index contributed by atoms with van der Waals surface area (Å²) in [4.78, 5) is 3.64. The van der Waals surface area contributed by atoms with Crippen LogP contribution in [-0.4, -0.2) is 10.9 Å². The molecule has 1 heterocycles. The third-order valence-electron chi connectivity index (χ3n) is 0.589. The van der Waals surface area contributed by atoms with Crippen molar-refractivity contribution in [3.05, 3.63) is 11.4 Å². The lowest BCUT2D eigenvalue weighted by Crippen LogP contribution is -2.25. The van der Waals surface area contributed by atoms with Gasteiger partial charge in [0.2, 0.25) is 0 Å². The zero-order valence-corrected chi connectivity index (χ0v) is 5.32. The fraction of sp³-hybridized carbons (Fsp3) is 0. The molecule has 1 aliphatic rings. The number of hydrogen-bond acceptors (Lipinski definition) is 3. The van der Waals surface area contributed by atoms with Crippen molar-refractivity contribution in [3.8, 4) is 0 Å². The van der Waals surface area contributed by atoms with E-state index >= 15 is 0 Å². The molecule has 0 aromatic heterocycles. The third-order valence-corrected chi connectivity index (χ3v) is 0.979. The van der Waals surface area contributed by atoms with Crippen LogP contribution in [0.4, 0.5) is 0 Å². The number of rotatable bonds is 0. The maximum absolute atomic E-state index is 5.41. The second-order valence-corrected chi connectivity index (χ2v) is 1.90. The van der Waals surface area contributed by atoms with Gasteiger partial charge in [0.1, 0.15) is 11.5 Å². The molecule has 0 amide bonds. The van der Waals surface area contributed by atoms with Gasteiger partial charge in [-0.1, -0.05) is 11.6 Å². The maximum atomic E-state index is 5.41. The standard InChI is InChI=1S/C3H3Cl2N3/c4-3-1-8(5)7-2-6-3/h1-2H,(H,6,7). The molecule has 0 radical (unpaired) electrons. The normalized spacial score (nSPS) is 17.8. The van der Waals surface area contributed by atoms with Crippen LogP contribution in [0.5, 0.6) is 0 Å². The highest BCUT2D eigenvalue weighted by Gasteiger charge is 1.97. The van der Waals surface area contributed by atoms with E-state index in [1.54, 1.807) is 0 Å². The summed E-state index contributed by atoms with van der Waals surface area (Å²) < 4.78 is 1.19. The molecule has 8 heavy (non-hydrogen) atoms. The van der Waals surface area contributed by atoms with Crippen LogP contribution >= 0.6 is 23.4 Å². The largest absolute Gasteiger partial charge is 0.273 e. The van der Waals surface area contributed by atoms with Gasteiger partial charge in [0.05, 0.1) is 6.20 Å². The van der Waals surface area contributed by atoms with Crippen LogP contribution in [0.25, 0.3) is 0 Å². The maximum Gasteiger partial charge on any atom is 0.150 e. The lowest BCUT2D eigenvalue weighted by Gasteiger charge is -2.11. The average Bonchev–Trinajstić information content (AvgIpc) is 1.64. The van der Waals surface area contributed by atoms with E-state index in [1.165, 1.54) is 17.1 Å². The smallest absolute Gasteiger partial charge is 0.150 e. The van der Waals surface area contributed by atoms with Gasteiger partial charge >= 0.3 is 0 Å². The average molecular weight is 152 g/mol. The van der Waals surface area contributed by atoms with Gasteiger partial charge in [0, 0.05) is 11.8 Å². The van der Waals surface area contributed by atoms with Crippen molar-refractivity contribution in [1.82, 2.24) is 9.95 Å². The van der Waals surface area contributed by atoms with Crippen LogP contribution in [-0.2, 0) is 0 Å². The van der Waals surface area contributed by atoms with Crippen molar-refractivity contribution in [2.75, 3.05) is 0 Å². The summed E-state index contributed by atoms with van der Waals surface area (Å²) in [7, 11) is 0. The molecule has 1 N–H and O–H groups in total. The number of nitrogens with one attached hydrogen (secondary N) is 1. The fourth-order valence-electron chi connectivity index (χ4n) is 0.310. The van der Waals surface area contributed by atoms with Gasteiger partial charge in [-0.3, -0.25) is 5.43 Å². The second-order valence-electron chi connectivity index (χ2n) is 1.15. The molecular formula is C3H3Cl2N3. The van der Waals surface area contributed by atoms with Crippen molar-refractivity contribution < 1.29 is 0 Å². The highest BCUT2D eigenvalue weighted by molar-refractivity contribution is 6.30. The third kappa shape index (κ3) is 1.28. The summed E-state index contributed by atoms with van der Waals surface area (Å²) in [6.45, 7) is 0. The minimum atomic E-state index is 0.360. The van der Waals surface area contributed by atoms with Crippen molar-refractivity contribution in [2.45, 2.75) is 0 Å². The minimum absolute atomic E-state index is 0.360. The lowest BCUT2D eigenvalue weighted by atomic mass is 10.9. The molecule has 44 valence electrons. The van der Waals surface area contributed by atoms with Gasteiger partial charge in [-0.25, -0.2) is 4.99 Å². The van der Waals surface area contributed by atoms with E-state index in [1.807, 2.05) is 0 Å².